The highest BCUT2D eigenvalue weighted by Crippen LogP contribution is 2.25. The number of hydrogen-bond acceptors (Lipinski definition) is 3. The summed E-state index contributed by atoms with van der Waals surface area (Å²) in [7, 11) is 0. The second kappa shape index (κ2) is 5.42. The predicted octanol–water partition coefficient (Wildman–Crippen LogP) is 3.43. The third-order valence-corrected chi connectivity index (χ3v) is 3.43. The zero-order chi connectivity index (χ0) is 12.1. The van der Waals surface area contributed by atoms with Crippen LogP contribution < -0.4 is 5.73 Å². The standard InChI is InChI=1S/C14H12N2S/c15-9-11-4-1-2-5-12(11)10-17-14-7-3-6-13(16)8-14/h1-8H,10,16H2. The first-order valence-electron chi connectivity index (χ1n) is 5.26. The average Bonchev–Trinajstić information content (AvgIpc) is 2.37. The van der Waals surface area contributed by atoms with E-state index in [1.165, 1.54) is 0 Å². The lowest BCUT2D eigenvalue weighted by Crippen LogP contribution is -1.87. The lowest BCUT2D eigenvalue weighted by molar-refractivity contribution is 1.34. The van der Waals surface area contributed by atoms with Crippen LogP contribution in [-0.2, 0) is 5.75 Å². The van der Waals surface area contributed by atoms with Crippen LogP contribution in [0.2, 0.25) is 0 Å². The molecule has 0 fully saturated rings. The van der Waals surface area contributed by atoms with E-state index in [0.29, 0.717) is 0 Å². The molecule has 84 valence electrons. The van der Waals surface area contributed by atoms with Gasteiger partial charge in [-0.3, -0.25) is 0 Å². The monoisotopic (exact) mass is 240 g/mol. The Hall–Kier alpha value is -1.92. The number of benzene rings is 2. The molecule has 0 spiro atoms. The molecule has 2 aromatic rings. The molecule has 0 atom stereocenters. The maximum atomic E-state index is 8.98. The first kappa shape index (κ1) is 11.6. The third kappa shape index (κ3) is 3.02. The van der Waals surface area contributed by atoms with Gasteiger partial charge in [-0.1, -0.05) is 24.3 Å². The lowest BCUT2D eigenvalue weighted by atomic mass is 10.1. The van der Waals surface area contributed by atoms with Gasteiger partial charge in [0.15, 0.2) is 0 Å². The van der Waals surface area contributed by atoms with Gasteiger partial charge in [-0.05, 0) is 29.8 Å². The third-order valence-electron chi connectivity index (χ3n) is 2.39. The van der Waals surface area contributed by atoms with Crippen LogP contribution in [0.1, 0.15) is 11.1 Å². The molecular formula is C14H12N2S. The Morgan fingerprint density at radius 1 is 1.12 bits per heavy atom. The minimum Gasteiger partial charge on any atom is -0.399 e. The van der Waals surface area contributed by atoms with Crippen molar-refractivity contribution in [2.24, 2.45) is 0 Å². The van der Waals surface area contributed by atoms with Crippen molar-refractivity contribution < 1.29 is 0 Å². The Balaban J connectivity index is 2.10. The van der Waals surface area contributed by atoms with Crippen LogP contribution in [0.5, 0.6) is 0 Å². The first-order chi connectivity index (χ1) is 8.29. The fourth-order valence-electron chi connectivity index (χ4n) is 1.52. The number of thioether (sulfide) groups is 1. The first-order valence-corrected chi connectivity index (χ1v) is 6.24. The molecule has 0 aliphatic carbocycles. The van der Waals surface area contributed by atoms with Crippen molar-refractivity contribution in [3.8, 4) is 6.07 Å². The Morgan fingerprint density at radius 2 is 1.94 bits per heavy atom. The maximum Gasteiger partial charge on any atom is 0.0994 e. The number of nitrogen functional groups attached to an aromatic ring is 1. The van der Waals surface area contributed by atoms with Crippen molar-refractivity contribution in [3.63, 3.8) is 0 Å². The maximum absolute atomic E-state index is 8.98. The van der Waals surface area contributed by atoms with E-state index >= 15 is 0 Å². The molecule has 0 radical (unpaired) electrons. The number of nitriles is 1. The van der Waals surface area contributed by atoms with Gasteiger partial charge in [0.2, 0.25) is 0 Å². The summed E-state index contributed by atoms with van der Waals surface area (Å²) in [6.07, 6.45) is 0. The van der Waals surface area contributed by atoms with Crippen LogP contribution in [0.4, 0.5) is 5.69 Å². The molecule has 0 aliphatic rings. The Morgan fingerprint density at radius 3 is 2.71 bits per heavy atom. The van der Waals surface area contributed by atoms with E-state index < -0.39 is 0 Å². The molecule has 0 aromatic heterocycles. The molecule has 0 saturated heterocycles. The highest BCUT2D eigenvalue weighted by Gasteiger charge is 2.01. The smallest absolute Gasteiger partial charge is 0.0994 e. The highest BCUT2D eigenvalue weighted by atomic mass is 32.2. The topological polar surface area (TPSA) is 49.8 Å². The molecule has 17 heavy (non-hydrogen) atoms. The van der Waals surface area contributed by atoms with Gasteiger partial charge in [0.25, 0.3) is 0 Å². The Bertz CT molecular complexity index is 558. The van der Waals surface area contributed by atoms with Gasteiger partial charge in [-0.2, -0.15) is 5.26 Å². The molecule has 0 saturated carbocycles. The van der Waals surface area contributed by atoms with Crippen molar-refractivity contribution in [1.82, 2.24) is 0 Å². The number of nitrogens with zero attached hydrogens (tertiary/aromatic N) is 1. The zero-order valence-electron chi connectivity index (χ0n) is 9.26. The van der Waals surface area contributed by atoms with Crippen LogP contribution in [0.25, 0.3) is 0 Å². The number of nitrogens with two attached hydrogens (primary N) is 1. The highest BCUT2D eigenvalue weighted by molar-refractivity contribution is 7.98. The number of rotatable bonds is 3. The van der Waals surface area contributed by atoms with E-state index in [9.17, 15) is 0 Å². The van der Waals surface area contributed by atoms with Crippen LogP contribution in [-0.4, -0.2) is 0 Å². The largest absolute Gasteiger partial charge is 0.399 e. The van der Waals surface area contributed by atoms with Crippen LogP contribution in [0, 0.1) is 11.3 Å². The van der Waals surface area contributed by atoms with Gasteiger partial charge in [-0.15, -0.1) is 11.8 Å². The van der Waals surface area contributed by atoms with Crippen molar-refractivity contribution in [1.29, 1.82) is 5.26 Å². The van der Waals surface area contributed by atoms with E-state index in [0.717, 1.165) is 27.5 Å². The van der Waals surface area contributed by atoms with E-state index in [-0.39, 0.29) is 0 Å². The summed E-state index contributed by atoms with van der Waals surface area (Å²) in [6, 6.07) is 17.6. The fourth-order valence-corrected chi connectivity index (χ4v) is 2.49. The molecule has 2 rings (SSSR count). The van der Waals surface area contributed by atoms with Crippen LogP contribution in [0.3, 0.4) is 0 Å². The SMILES string of the molecule is N#Cc1ccccc1CSc1cccc(N)c1. The number of anilines is 1. The van der Waals surface area contributed by atoms with E-state index in [4.69, 9.17) is 11.0 Å². The van der Waals surface area contributed by atoms with Gasteiger partial charge in [0.1, 0.15) is 0 Å². The molecule has 0 heterocycles. The second-order valence-electron chi connectivity index (χ2n) is 3.63. The van der Waals surface area contributed by atoms with E-state index in [2.05, 4.69) is 6.07 Å². The summed E-state index contributed by atoms with van der Waals surface area (Å²) in [5, 5.41) is 8.98. The Labute approximate surface area is 105 Å². The minimum absolute atomic E-state index is 0.740. The predicted molar refractivity (Wildman–Crippen MR) is 71.6 cm³/mol. The Kier molecular flexibility index (Phi) is 3.69. The van der Waals surface area contributed by atoms with Crippen molar-refractivity contribution in [2.45, 2.75) is 10.6 Å². The zero-order valence-corrected chi connectivity index (χ0v) is 10.1. The van der Waals surface area contributed by atoms with E-state index in [1.807, 2.05) is 48.5 Å². The minimum atomic E-state index is 0.740. The lowest BCUT2D eigenvalue weighted by Gasteiger charge is -2.04. The molecule has 0 aliphatic heterocycles. The molecule has 0 unspecified atom stereocenters. The van der Waals surface area contributed by atoms with Gasteiger partial charge >= 0.3 is 0 Å². The molecule has 0 amide bonds. The van der Waals surface area contributed by atoms with Crippen molar-refractivity contribution >= 4 is 17.4 Å². The van der Waals surface area contributed by atoms with Gasteiger partial charge in [-0.25, -0.2) is 0 Å². The quantitative estimate of drug-likeness (QED) is 0.660. The van der Waals surface area contributed by atoms with E-state index in [1.54, 1.807) is 11.8 Å². The fraction of sp³-hybridized carbons (Fsp3) is 0.0714. The normalized spacial score (nSPS) is 9.82. The number of hydrogen-bond donors (Lipinski definition) is 1. The summed E-state index contributed by atoms with van der Waals surface area (Å²) in [6.45, 7) is 0. The summed E-state index contributed by atoms with van der Waals surface area (Å²) >= 11 is 1.69. The van der Waals surface area contributed by atoms with Gasteiger partial charge in [0.05, 0.1) is 11.6 Å². The molecule has 0 bridgehead atoms. The van der Waals surface area contributed by atoms with Gasteiger partial charge < -0.3 is 5.73 Å². The summed E-state index contributed by atoms with van der Waals surface area (Å²) in [4.78, 5) is 1.12. The summed E-state index contributed by atoms with van der Waals surface area (Å²) in [5.41, 5.74) is 8.28. The summed E-state index contributed by atoms with van der Waals surface area (Å²) < 4.78 is 0. The molecule has 2 N–H and O–H groups in total. The molecule has 3 heteroatoms. The molecular weight excluding hydrogens is 228 g/mol. The molecule has 2 nitrogen and oxygen atoms in total. The summed E-state index contributed by atoms with van der Waals surface area (Å²) in [5.74, 6) is 0.785. The van der Waals surface area contributed by atoms with Gasteiger partial charge in [0, 0.05) is 16.3 Å². The van der Waals surface area contributed by atoms with Crippen molar-refractivity contribution in [2.75, 3.05) is 5.73 Å². The van der Waals surface area contributed by atoms with Crippen molar-refractivity contribution in [3.05, 3.63) is 59.7 Å². The van der Waals surface area contributed by atoms with Crippen LogP contribution >= 0.6 is 11.8 Å². The second-order valence-corrected chi connectivity index (χ2v) is 4.68. The average molecular weight is 240 g/mol. The molecule has 2 aromatic carbocycles. The van der Waals surface area contributed by atoms with Crippen LogP contribution in [0.15, 0.2) is 53.4 Å².